The van der Waals surface area contributed by atoms with Crippen molar-refractivity contribution in [3.63, 3.8) is 0 Å². The number of aliphatic hydroxyl groups is 1. The van der Waals surface area contributed by atoms with Crippen molar-refractivity contribution in [3.8, 4) is 0 Å². The summed E-state index contributed by atoms with van der Waals surface area (Å²) >= 11 is 0. The molecule has 0 aliphatic heterocycles. The average Bonchev–Trinajstić information content (AvgIpc) is 2.31. The lowest BCUT2D eigenvalue weighted by molar-refractivity contribution is 0.280. The molecule has 0 fully saturated rings. The minimum absolute atomic E-state index is 0.348. The van der Waals surface area contributed by atoms with Crippen molar-refractivity contribution in [3.05, 3.63) is 0 Å². The molecule has 1 unspecified atom stereocenters. The maximum atomic E-state index is 8.66. The highest BCUT2D eigenvalue weighted by Crippen LogP contribution is 2.07. The minimum atomic E-state index is 0.348. The lowest BCUT2D eigenvalue weighted by Gasteiger charge is -2.22. The van der Waals surface area contributed by atoms with Crippen LogP contribution in [0.25, 0.3) is 0 Å². The molecular weight excluding hydrogens is 200 g/mol. The van der Waals surface area contributed by atoms with Gasteiger partial charge in [0.25, 0.3) is 0 Å². The van der Waals surface area contributed by atoms with E-state index in [0.717, 1.165) is 19.5 Å². The van der Waals surface area contributed by atoms with Gasteiger partial charge in [0, 0.05) is 19.2 Å². The summed E-state index contributed by atoms with van der Waals surface area (Å²) in [7, 11) is 4.23. The van der Waals surface area contributed by atoms with Crippen LogP contribution in [0.1, 0.15) is 45.4 Å². The standard InChI is InChI=1S/C13H30N2O/c1-4-15(3)12-13(14-2)10-8-6-5-7-9-11-16/h13-14,16H,4-12H2,1-3H3. The van der Waals surface area contributed by atoms with Crippen molar-refractivity contribution in [2.24, 2.45) is 0 Å². The fourth-order valence-electron chi connectivity index (χ4n) is 1.87. The van der Waals surface area contributed by atoms with E-state index in [1.165, 1.54) is 32.1 Å². The van der Waals surface area contributed by atoms with E-state index in [9.17, 15) is 0 Å². The number of likely N-dealkylation sites (N-methyl/N-ethyl adjacent to an activating group) is 2. The van der Waals surface area contributed by atoms with Gasteiger partial charge in [0.2, 0.25) is 0 Å². The second-order valence-corrected chi connectivity index (χ2v) is 4.62. The normalized spacial score (nSPS) is 13.3. The Morgan fingerprint density at radius 3 is 2.31 bits per heavy atom. The van der Waals surface area contributed by atoms with E-state index < -0.39 is 0 Å². The first kappa shape index (κ1) is 15.9. The summed E-state index contributed by atoms with van der Waals surface area (Å²) in [5.74, 6) is 0. The van der Waals surface area contributed by atoms with Crippen LogP contribution < -0.4 is 5.32 Å². The highest BCUT2D eigenvalue weighted by Gasteiger charge is 2.07. The highest BCUT2D eigenvalue weighted by atomic mass is 16.2. The highest BCUT2D eigenvalue weighted by molar-refractivity contribution is 4.68. The number of nitrogens with zero attached hydrogens (tertiary/aromatic N) is 1. The second kappa shape index (κ2) is 11.4. The second-order valence-electron chi connectivity index (χ2n) is 4.62. The van der Waals surface area contributed by atoms with Gasteiger partial charge < -0.3 is 15.3 Å². The molecule has 0 saturated heterocycles. The molecule has 1 atom stereocenters. The Bertz CT molecular complexity index is 142. The van der Waals surface area contributed by atoms with Crippen molar-refractivity contribution in [2.45, 2.75) is 51.5 Å². The smallest absolute Gasteiger partial charge is 0.0431 e. The van der Waals surface area contributed by atoms with E-state index in [2.05, 4.69) is 31.2 Å². The van der Waals surface area contributed by atoms with Crippen LogP contribution in [0.15, 0.2) is 0 Å². The predicted octanol–water partition coefficient (Wildman–Crippen LogP) is 1.86. The van der Waals surface area contributed by atoms with Gasteiger partial charge in [0.05, 0.1) is 0 Å². The Balaban J connectivity index is 3.40. The van der Waals surface area contributed by atoms with Gasteiger partial charge in [-0.15, -0.1) is 0 Å². The third-order valence-electron chi connectivity index (χ3n) is 3.19. The molecule has 0 aromatic rings. The van der Waals surface area contributed by atoms with Crippen LogP contribution in [0, 0.1) is 0 Å². The molecule has 3 heteroatoms. The molecule has 0 aromatic carbocycles. The molecule has 0 saturated carbocycles. The number of rotatable bonds is 11. The molecule has 0 heterocycles. The maximum absolute atomic E-state index is 8.66. The Labute approximate surface area is 101 Å². The fraction of sp³-hybridized carbons (Fsp3) is 1.00. The molecular formula is C13H30N2O. The van der Waals surface area contributed by atoms with Crippen LogP contribution in [0.4, 0.5) is 0 Å². The van der Waals surface area contributed by atoms with Crippen molar-refractivity contribution in [1.82, 2.24) is 10.2 Å². The van der Waals surface area contributed by atoms with E-state index in [1.807, 2.05) is 0 Å². The molecule has 0 amide bonds. The van der Waals surface area contributed by atoms with E-state index in [4.69, 9.17) is 5.11 Å². The van der Waals surface area contributed by atoms with Crippen LogP contribution in [0.5, 0.6) is 0 Å². The largest absolute Gasteiger partial charge is 0.396 e. The molecule has 0 aromatic heterocycles. The summed E-state index contributed by atoms with van der Waals surface area (Å²) in [6, 6.07) is 0.628. The maximum Gasteiger partial charge on any atom is 0.0431 e. The van der Waals surface area contributed by atoms with E-state index in [-0.39, 0.29) is 0 Å². The molecule has 0 bridgehead atoms. The minimum Gasteiger partial charge on any atom is -0.396 e. The molecule has 0 aliphatic carbocycles. The van der Waals surface area contributed by atoms with Crippen LogP contribution in [-0.2, 0) is 0 Å². The molecule has 98 valence electrons. The topological polar surface area (TPSA) is 35.5 Å². The quantitative estimate of drug-likeness (QED) is 0.532. The molecule has 16 heavy (non-hydrogen) atoms. The van der Waals surface area contributed by atoms with Gasteiger partial charge in [-0.1, -0.05) is 32.6 Å². The monoisotopic (exact) mass is 230 g/mol. The SMILES string of the molecule is CCN(C)CC(CCCCCCCO)NC. The summed E-state index contributed by atoms with van der Waals surface area (Å²) in [6.45, 7) is 4.81. The Hall–Kier alpha value is -0.120. The lowest BCUT2D eigenvalue weighted by Crippen LogP contribution is -2.37. The van der Waals surface area contributed by atoms with Crippen LogP contribution in [0.2, 0.25) is 0 Å². The van der Waals surface area contributed by atoms with E-state index in [1.54, 1.807) is 0 Å². The Morgan fingerprint density at radius 1 is 1.12 bits per heavy atom. The summed E-state index contributed by atoms with van der Waals surface area (Å²) < 4.78 is 0. The molecule has 3 nitrogen and oxygen atoms in total. The first-order valence-electron chi connectivity index (χ1n) is 6.71. The van der Waals surface area contributed by atoms with Gasteiger partial charge >= 0.3 is 0 Å². The zero-order valence-electron chi connectivity index (χ0n) is 11.3. The van der Waals surface area contributed by atoms with Crippen LogP contribution >= 0.6 is 0 Å². The third-order valence-corrected chi connectivity index (χ3v) is 3.19. The zero-order valence-corrected chi connectivity index (χ0v) is 11.3. The zero-order chi connectivity index (χ0) is 12.2. The number of hydrogen-bond donors (Lipinski definition) is 2. The van der Waals surface area contributed by atoms with E-state index >= 15 is 0 Å². The summed E-state index contributed by atoms with van der Waals surface area (Å²) in [5, 5.41) is 12.0. The van der Waals surface area contributed by atoms with Crippen molar-refractivity contribution >= 4 is 0 Å². The Kier molecular flexibility index (Phi) is 11.3. The molecule has 2 N–H and O–H groups in total. The number of unbranched alkanes of at least 4 members (excludes halogenated alkanes) is 4. The van der Waals surface area contributed by atoms with Gasteiger partial charge in [-0.25, -0.2) is 0 Å². The lowest BCUT2D eigenvalue weighted by atomic mass is 10.1. The van der Waals surface area contributed by atoms with Gasteiger partial charge in [-0.2, -0.15) is 0 Å². The molecule has 0 aliphatic rings. The van der Waals surface area contributed by atoms with Gasteiger partial charge in [0.1, 0.15) is 0 Å². The fourth-order valence-corrected chi connectivity index (χ4v) is 1.87. The van der Waals surface area contributed by atoms with Crippen molar-refractivity contribution in [1.29, 1.82) is 0 Å². The van der Waals surface area contributed by atoms with E-state index in [0.29, 0.717) is 12.6 Å². The third kappa shape index (κ3) is 9.13. The summed E-state index contributed by atoms with van der Waals surface area (Å²) in [5.41, 5.74) is 0. The number of nitrogens with one attached hydrogen (secondary N) is 1. The first-order valence-corrected chi connectivity index (χ1v) is 6.71. The molecule has 0 rings (SSSR count). The van der Waals surface area contributed by atoms with Crippen LogP contribution in [-0.4, -0.2) is 49.8 Å². The molecule has 0 spiro atoms. The average molecular weight is 230 g/mol. The van der Waals surface area contributed by atoms with Gasteiger partial charge in [-0.3, -0.25) is 0 Å². The molecule has 0 radical (unpaired) electrons. The van der Waals surface area contributed by atoms with Crippen molar-refractivity contribution < 1.29 is 5.11 Å². The van der Waals surface area contributed by atoms with Crippen molar-refractivity contribution in [2.75, 3.05) is 33.8 Å². The number of hydrogen-bond acceptors (Lipinski definition) is 3. The summed E-state index contributed by atoms with van der Waals surface area (Å²) in [4.78, 5) is 2.35. The number of aliphatic hydroxyl groups excluding tert-OH is 1. The summed E-state index contributed by atoms with van der Waals surface area (Å²) in [6.07, 6.45) is 7.27. The predicted molar refractivity (Wildman–Crippen MR) is 70.8 cm³/mol. The van der Waals surface area contributed by atoms with Gasteiger partial charge in [-0.05, 0) is 33.5 Å². The van der Waals surface area contributed by atoms with Gasteiger partial charge in [0.15, 0.2) is 0 Å². The Morgan fingerprint density at radius 2 is 1.75 bits per heavy atom. The first-order chi connectivity index (χ1) is 7.74. The van der Waals surface area contributed by atoms with Crippen LogP contribution in [0.3, 0.4) is 0 Å².